The minimum absolute atomic E-state index is 0.682. The molecule has 0 aromatic carbocycles. The number of nitrogens with one attached hydrogen (secondary N) is 1. The fourth-order valence-corrected chi connectivity index (χ4v) is 1.13. The summed E-state index contributed by atoms with van der Waals surface area (Å²) in [6.07, 6.45) is 6.25. The molecular formula is C9H16N4. The van der Waals surface area contributed by atoms with Crippen molar-refractivity contribution in [2.45, 2.75) is 32.6 Å². The average Bonchev–Trinajstić information content (AvgIpc) is 2.19. The van der Waals surface area contributed by atoms with Gasteiger partial charge in [-0.05, 0) is 6.42 Å². The molecule has 0 saturated heterocycles. The van der Waals surface area contributed by atoms with Gasteiger partial charge in [-0.15, -0.1) is 0 Å². The van der Waals surface area contributed by atoms with Gasteiger partial charge in [0.1, 0.15) is 11.6 Å². The zero-order valence-corrected chi connectivity index (χ0v) is 7.95. The van der Waals surface area contributed by atoms with Crippen LogP contribution in [0.1, 0.15) is 32.0 Å². The van der Waals surface area contributed by atoms with E-state index in [0.29, 0.717) is 5.82 Å². The Balaban J connectivity index is 2.46. The fraction of sp³-hybridized carbons (Fsp3) is 0.556. The lowest BCUT2D eigenvalue weighted by Crippen LogP contribution is -2.09. The van der Waals surface area contributed by atoms with E-state index in [1.165, 1.54) is 12.8 Å². The first kappa shape index (κ1) is 9.92. The molecule has 0 unspecified atom stereocenters. The zero-order chi connectivity index (χ0) is 9.52. The lowest BCUT2D eigenvalue weighted by atomic mass is 10.2. The average molecular weight is 180 g/mol. The number of hydrogen-bond acceptors (Lipinski definition) is 4. The van der Waals surface area contributed by atoms with Crippen molar-refractivity contribution in [3.05, 3.63) is 18.1 Å². The molecular weight excluding hydrogens is 164 g/mol. The topological polar surface area (TPSA) is 63.8 Å². The van der Waals surface area contributed by atoms with Gasteiger partial charge < -0.3 is 5.43 Å². The number of rotatable bonds is 5. The third-order valence-electron chi connectivity index (χ3n) is 1.86. The minimum atomic E-state index is 0.682. The third kappa shape index (κ3) is 3.38. The number of aromatic nitrogens is 2. The van der Waals surface area contributed by atoms with E-state index in [2.05, 4.69) is 22.3 Å². The van der Waals surface area contributed by atoms with E-state index in [0.717, 1.165) is 18.7 Å². The second kappa shape index (κ2) is 5.48. The Bertz CT molecular complexity index is 249. The van der Waals surface area contributed by atoms with Crippen molar-refractivity contribution in [3.63, 3.8) is 0 Å². The molecule has 0 aliphatic heterocycles. The summed E-state index contributed by atoms with van der Waals surface area (Å²) in [6, 6.07) is 1.75. The summed E-state index contributed by atoms with van der Waals surface area (Å²) in [6.45, 7) is 2.18. The maximum Gasteiger partial charge on any atom is 0.143 e. The van der Waals surface area contributed by atoms with Crippen LogP contribution in [-0.2, 0) is 6.42 Å². The van der Waals surface area contributed by atoms with Crippen molar-refractivity contribution in [1.82, 2.24) is 9.97 Å². The smallest absolute Gasteiger partial charge is 0.143 e. The van der Waals surface area contributed by atoms with E-state index in [-0.39, 0.29) is 0 Å². The molecule has 4 heteroatoms. The molecule has 1 heterocycles. The molecule has 0 bridgehead atoms. The molecule has 0 aliphatic rings. The Morgan fingerprint density at radius 1 is 1.46 bits per heavy atom. The largest absolute Gasteiger partial charge is 0.308 e. The Hall–Kier alpha value is -1.16. The molecule has 0 spiro atoms. The summed E-state index contributed by atoms with van der Waals surface area (Å²) in [5.74, 6) is 6.78. The van der Waals surface area contributed by atoms with Gasteiger partial charge in [0, 0.05) is 18.7 Å². The quantitative estimate of drug-likeness (QED) is 0.409. The van der Waals surface area contributed by atoms with Gasteiger partial charge in [0.15, 0.2) is 0 Å². The Kier molecular flexibility index (Phi) is 4.18. The van der Waals surface area contributed by atoms with E-state index in [4.69, 9.17) is 5.84 Å². The molecule has 0 amide bonds. The van der Waals surface area contributed by atoms with Crippen LogP contribution in [0.25, 0.3) is 0 Å². The molecule has 4 nitrogen and oxygen atoms in total. The second-order valence-electron chi connectivity index (χ2n) is 2.96. The predicted molar refractivity (Wildman–Crippen MR) is 53.1 cm³/mol. The number of nitrogens with zero attached hydrogens (tertiary/aromatic N) is 2. The first-order chi connectivity index (χ1) is 6.36. The monoisotopic (exact) mass is 180 g/mol. The first-order valence-corrected chi connectivity index (χ1v) is 4.65. The number of unbranched alkanes of at least 4 members (excludes halogenated alkanes) is 2. The number of nitrogens with two attached hydrogens (primary N) is 1. The van der Waals surface area contributed by atoms with Crippen LogP contribution >= 0.6 is 0 Å². The summed E-state index contributed by atoms with van der Waals surface area (Å²) < 4.78 is 0. The highest BCUT2D eigenvalue weighted by Gasteiger charge is 1.97. The van der Waals surface area contributed by atoms with Crippen LogP contribution in [0.2, 0.25) is 0 Å². The standard InChI is InChI=1S/C9H16N4/c1-2-3-4-5-8-11-7-6-9(12-8)13-10/h6-7H,2-5,10H2,1H3,(H,11,12,13). The maximum atomic E-state index is 5.23. The van der Waals surface area contributed by atoms with Crippen molar-refractivity contribution < 1.29 is 0 Å². The Morgan fingerprint density at radius 3 is 3.00 bits per heavy atom. The fourth-order valence-electron chi connectivity index (χ4n) is 1.13. The summed E-state index contributed by atoms with van der Waals surface area (Å²) in [7, 11) is 0. The number of anilines is 1. The highest BCUT2D eigenvalue weighted by molar-refractivity contribution is 5.30. The zero-order valence-electron chi connectivity index (χ0n) is 7.95. The van der Waals surface area contributed by atoms with E-state index in [1.54, 1.807) is 12.3 Å². The second-order valence-corrected chi connectivity index (χ2v) is 2.96. The maximum absolute atomic E-state index is 5.23. The first-order valence-electron chi connectivity index (χ1n) is 4.65. The van der Waals surface area contributed by atoms with Gasteiger partial charge in [0.2, 0.25) is 0 Å². The molecule has 1 aromatic heterocycles. The van der Waals surface area contributed by atoms with Crippen molar-refractivity contribution in [3.8, 4) is 0 Å². The molecule has 1 rings (SSSR count). The van der Waals surface area contributed by atoms with Gasteiger partial charge in [0.25, 0.3) is 0 Å². The number of aryl methyl sites for hydroxylation is 1. The van der Waals surface area contributed by atoms with Gasteiger partial charge >= 0.3 is 0 Å². The van der Waals surface area contributed by atoms with Crippen LogP contribution in [0.15, 0.2) is 12.3 Å². The SMILES string of the molecule is CCCCCc1nccc(NN)n1. The summed E-state index contributed by atoms with van der Waals surface area (Å²) in [4.78, 5) is 8.37. The van der Waals surface area contributed by atoms with Crippen LogP contribution in [0.3, 0.4) is 0 Å². The van der Waals surface area contributed by atoms with Gasteiger partial charge in [-0.1, -0.05) is 19.8 Å². The van der Waals surface area contributed by atoms with Crippen LogP contribution in [0.5, 0.6) is 0 Å². The third-order valence-corrected chi connectivity index (χ3v) is 1.86. The summed E-state index contributed by atoms with van der Waals surface area (Å²) >= 11 is 0. The van der Waals surface area contributed by atoms with E-state index < -0.39 is 0 Å². The molecule has 3 N–H and O–H groups in total. The van der Waals surface area contributed by atoms with Gasteiger partial charge in [-0.25, -0.2) is 15.8 Å². The Labute approximate surface area is 78.6 Å². The molecule has 0 fully saturated rings. The van der Waals surface area contributed by atoms with Crippen LogP contribution in [-0.4, -0.2) is 9.97 Å². The highest BCUT2D eigenvalue weighted by Crippen LogP contribution is 2.04. The number of nitrogen functional groups attached to an aromatic ring is 1. The van der Waals surface area contributed by atoms with Gasteiger partial charge in [-0.3, -0.25) is 0 Å². The molecule has 0 atom stereocenters. The highest BCUT2D eigenvalue weighted by atomic mass is 15.3. The van der Waals surface area contributed by atoms with Crippen molar-refractivity contribution in [1.29, 1.82) is 0 Å². The van der Waals surface area contributed by atoms with E-state index in [1.807, 2.05) is 0 Å². The van der Waals surface area contributed by atoms with Gasteiger partial charge in [-0.2, -0.15) is 0 Å². The molecule has 13 heavy (non-hydrogen) atoms. The van der Waals surface area contributed by atoms with E-state index >= 15 is 0 Å². The van der Waals surface area contributed by atoms with Crippen LogP contribution < -0.4 is 11.3 Å². The predicted octanol–water partition coefficient (Wildman–Crippen LogP) is 1.49. The van der Waals surface area contributed by atoms with Crippen LogP contribution in [0.4, 0.5) is 5.82 Å². The molecule has 0 aliphatic carbocycles. The van der Waals surface area contributed by atoms with Crippen molar-refractivity contribution in [2.75, 3.05) is 5.43 Å². The molecule has 1 aromatic rings. The van der Waals surface area contributed by atoms with E-state index in [9.17, 15) is 0 Å². The lowest BCUT2D eigenvalue weighted by molar-refractivity contribution is 0.694. The summed E-state index contributed by atoms with van der Waals surface area (Å²) in [5.41, 5.74) is 2.51. The summed E-state index contributed by atoms with van der Waals surface area (Å²) in [5, 5.41) is 0. The molecule has 72 valence electrons. The minimum Gasteiger partial charge on any atom is -0.308 e. The number of hydrazine groups is 1. The number of hydrogen-bond donors (Lipinski definition) is 2. The van der Waals surface area contributed by atoms with Gasteiger partial charge in [0.05, 0.1) is 0 Å². The lowest BCUT2D eigenvalue weighted by Gasteiger charge is -2.01. The van der Waals surface area contributed by atoms with Crippen LogP contribution in [0, 0.1) is 0 Å². The van der Waals surface area contributed by atoms with Crippen molar-refractivity contribution >= 4 is 5.82 Å². The molecule has 0 radical (unpaired) electrons. The Morgan fingerprint density at radius 2 is 2.31 bits per heavy atom. The normalized spacial score (nSPS) is 10.0. The molecule has 0 saturated carbocycles. The van der Waals surface area contributed by atoms with Crippen molar-refractivity contribution in [2.24, 2.45) is 5.84 Å².